The molecule has 29 heavy (non-hydrogen) atoms. The first-order valence-electron chi connectivity index (χ1n) is 9.26. The van der Waals surface area contributed by atoms with Crippen LogP contribution in [0.25, 0.3) is 0 Å². The number of hydrogen-bond donors (Lipinski definition) is 1. The van der Waals surface area contributed by atoms with Crippen molar-refractivity contribution in [3.63, 3.8) is 0 Å². The first-order valence-corrected chi connectivity index (χ1v) is 10.1. The number of hydrogen-bond acceptors (Lipinski definition) is 7. The topological polar surface area (TPSA) is 83.0 Å². The fraction of sp³-hybridized carbons (Fsp3) is 0.381. The molecule has 2 heterocycles. The summed E-state index contributed by atoms with van der Waals surface area (Å²) < 4.78 is 5.22. The molecule has 0 spiro atoms. The summed E-state index contributed by atoms with van der Waals surface area (Å²) in [6.45, 7) is 4.57. The van der Waals surface area contributed by atoms with Crippen molar-refractivity contribution in [2.75, 3.05) is 34.3 Å². The molecule has 1 aromatic heterocycles. The summed E-state index contributed by atoms with van der Waals surface area (Å²) in [5.41, 5.74) is 1.44. The van der Waals surface area contributed by atoms with E-state index in [0.29, 0.717) is 29.4 Å². The quantitative estimate of drug-likeness (QED) is 0.700. The number of methoxy groups -OCH3 is 1. The molecular formula is C21H25N3O4S. The van der Waals surface area contributed by atoms with Gasteiger partial charge in [0.05, 0.1) is 34.3 Å². The second-order valence-electron chi connectivity index (χ2n) is 7.22. The predicted molar refractivity (Wildman–Crippen MR) is 112 cm³/mol. The molecule has 2 aromatic rings. The van der Waals surface area contributed by atoms with Gasteiger partial charge in [0.2, 0.25) is 5.78 Å². The number of benzene rings is 1. The minimum Gasteiger partial charge on any atom is -0.503 e. The smallest absolute Gasteiger partial charge is 0.290 e. The van der Waals surface area contributed by atoms with Gasteiger partial charge in [-0.2, -0.15) is 0 Å². The highest BCUT2D eigenvalue weighted by molar-refractivity contribution is 7.14. The second-order valence-corrected chi connectivity index (χ2v) is 8.42. The molecule has 0 saturated carbocycles. The molecule has 1 amide bonds. The van der Waals surface area contributed by atoms with Crippen molar-refractivity contribution in [1.29, 1.82) is 0 Å². The molecule has 1 aliphatic rings. The number of Topliss-reactive ketones (excluding diaryl/α,β-unsaturated/α-hetero) is 1. The van der Waals surface area contributed by atoms with Gasteiger partial charge in [-0.15, -0.1) is 11.3 Å². The van der Waals surface area contributed by atoms with Crippen molar-refractivity contribution < 1.29 is 19.4 Å². The van der Waals surface area contributed by atoms with Gasteiger partial charge in [-0.3, -0.25) is 9.59 Å². The molecule has 0 unspecified atom stereocenters. The normalized spacial score (nSPS) is 16.8. The Kier molecular flexibility index (Phi) is 6.04. The molecule has 0 aliphatic carbocycles. The van der Waals surface area contributed by atoms with Gasteiger partial charge in [0.1, 0.15) is 5.75 Å². The van der Waals surface area contributed by atoms with E-state index in [9.17, 15) is 14.7 Å². The first kappa shape index (κ1) is 21.0. The average Bonchev–Trinajstić information content (AvgIpc) is 3.15. The Labute approximate surface area is 174 Å². The number of carbonyl (C=O) groups excluding carboxylic acids is 2. The van der Waals surface area contributed by atoms with Crippen molar-refractivity contribution in [2.24, 2.45) is 0 Å². The molecule has 0 saturated heterocycles. The summed E-state index contributed by atoms with van der Waals surface area (Å²) >= 11 is 1.27. The number of likely N-dealkylation sites (N-methyl/N-ethyl adjacent to an activating group) is 1. The van der Waals surface area contributed by atoms with Crippen molar-refractivity contribution in [3.05, 3.63) is 56.7 Å². The Balaban J connectivity index is 2.07. The molecular weight excluding hydrogens is 390 g/mol. The standard InChI is InChI=1S/C21H25N3O4S/c1-12-20(29-13(2)22-12)18(25)16-17(14-6-8-15(28-5)9-7-14)24(11-10-23(3)4)21(27)19(16)26/h6-9,17,26H,10-11H2,1-5H3/t17-/m1/s1. The number of aliphatic hydroxyl groups excluding tert-OH is 1. The number of nitrogens with zero attached hydrogens (tertiary/aromatic N) is 3. The van der Waals surface area contributed by atoms with Crippen LogP contribution in [0.5, 0.6) is 5.75 Å². The first-order chi connectivity index (χ1) is 13.7. The van der Waals surface area contributed by atoms with Gasteiger partial charge in [0.15, 0.2) is 5.76 Å². The second kappa shape index (κ2) is 8.34. The lowest BCUT2D eigenvalue weighted by Crippen LogP contribution is -2.36. The molecule has 0 bridgehead atoms. The van der Waals surface area contributed by atoms with E-state index in [0.717, 1.165) is 10.6 Å². The van der Waals surface area contributed by atoms with Crippen LogP contribution in [0.2, 0.25) is 0 Å². The van der Waals surface area contributed by atoms with E-state index in [2.05, 4.69) is 4.98 Å². The van der Waals surface area contributed by atoms with E-state index in [-0.39, 0.29) is 11.4 Å². The zero-order chi connectivity index (χ0) is 21.3. The van der Waals surface area contributed by atoms with Crippen molar-refractivity contribution in [1.82, 2.24) is 14.8 Å². The van der Waals surface area contributed by atoms with Crippen molar-refractivity contribution >= 4 is 23.0 Å². The summed E-state index contributed by atoms with van der Waals surface area (Å²) in [5, 5.41) is 11.4. The Morgan fingerprint density at radius 3 is 2.45 bits per heavy atom. The largest absolute Gasteiger partial charge is 0.503 e. The number of aryl methyl sites for hydroxylation is 2. The summed E-state index contributed by atoms with van der Waals surface area (Å²) in [6.07, 6.45) is 0. The lowest BCUT2D eigenvalue weighted by atomic mass is 9.95. The maximum Gasteiger partial charge on any atom is 0.290 e. The maximum absolute atomic E-state index is 13.4. The average molecular weight is 416 g/mol. The molecule has 0 radical (unpaired) electrons. The van der Waals surface area contributed by atoms with Gasteiger partial charge < -0.3 is 19.6 Å². The fourth-order valence-electron chi connectivity index (χ4n) is 3.42. The number of ether oxygens (including phenoxy) is 1. The van der Waals surface area contributed by atoms with E-state index in [1.54, 1.807) is 31.1 Å². The zero-order valence-electron chi connectivity index (χ0n) is 17.2. The van der Waals surface area contributed by atoms with Crippen molar-refractivity contribution in [3.8, 4) is 5.75 Å². The van der Waals surface area contributed by atoms with Crippen LogP contribution in [0.3, 0.4) is 0 Å². The minimum absolute atomic E-state index is 0.102. The Morgan fingerprint density at radius 2 is 1.93 bits per heavy atom. The maximum atomic E-state index is 13.4. The molecule has 154 valence electrons. The third-order valence-electron chi connectivity index (χ3n) is 4.88. The van der Waals surface area contributed by atoms with Crippen LogP contribution in [0.1, 0.15) is 32.0 Å². The van der Waals surface area contributed by atoms with Gasteiger partial charge >= 0.3 is 0 Å². The van der Waals surface area contributed by atoms with Gasteiger partial charge in [-0.25, -0.2) is 4.98 Å². The number of aliphatic hydroxyl groups is 1. The Bertz CT molecular complexity index is 963. The lowest BCUT2D eigenvalue weighted by Gasteiger charge is -2.28. The van der Waals surface area contributed by atoms with Crippen molar-refractivity contribution in [2.45, 2.75) is 19.9 Å². The Morgan fingerprint density at radius 1 is 1.28 bits per heavy atom. The molecule has 3 rings (SSSR count). The van der Waals surface area contributed by atoms with Gasteiger partial charge in [-0.1, -0.05) is 12.1 Å². The van der Waals surface area contributed by atoms with Crippen LogP contribution >= 0.6 is 11.3 Å². The van der Waals surface area contributed by atoms with Crippen LogP contribution in [-0.2, 0) is 4.79 Å². The van der Waals surface area contributed by atoms with E-state index in [1.807, 2.05) is 38.1 Å². The predicted octanol–water partition coefficient (Wildman–Crippen LogP) is 2.91. The van der Waals surface area contributed by atoms with Crippen LogP contribution in [-0.4, -0.2) is 65.9 Å². The lowest BCUT2D eigenvalue weighted by molar-refractivity contribution is -0.129. The highest BCUT2D eigenvalue weighted by atomic mass is 32.1. The van der Waals surface area contributed by atoms with Crippen LogP contribution in [0, 0.1) is 13.8 Å². The number of aromatic nitrogens is 1. The number of carbonyl (C=O) groups is 2. The Hall–Kier alpha value is -2.71. The number of thiazole rings is 1. The number of amides is 1. The summed E-state index contributed by atoms with van der Waals surface area (Å²) in [7, 11) is 5.39. The summed E-state index contributed by atoms with van der Waals surface area (Å²) in [4.78, 5) is 34.5. The van der Waals surface area contributed by atoms with Gasteiger partial charge in [-0.05, 0) is 45.6 Å². The SMILES string of the molecule is COc1ccc([C@@H]2C(C(=O)c3sc(C)nc3C)=C(O)C(=O)N2CCN(C)C)cc1. The van der Waals surface area contributed by atoms with Crippen LogP contribution in [0.15, 0.2) is 35.6 Å². The van der Waals surface area contributed by atoms with Gasteiger partial charge in [0, 0.05) is 13.1 Å². The van der Waals surface area contributed by atoms with E-state index in [4.69, 9.17) is 4.74 Å². The third-order valence-corrected chi connectivity index (χ3v) is 5.95. The summed E-state index contributed by atoms with van der Waals surface area (Å²) in [5.74, 6) is -0.699. The molecule has 1 aliphatic heterocycles. The molecule has 1 aromatic carbocycles. The minimum atomic E-state index is -0.664. The monoisotopic (exact) mass is 415 g/mol. The zero-order valence-corrected chi connectivity index (χ0v) is 18.0. The molecule has 0 fully saturated rings. The van der Waals surface area contributed by atoms with E-state index in [1.165, 1.54) is 11.3 Å². The van der Waals surface area contributed by atoms with Crippen LogP contribution in [0.4, 0.5) is 0 Å². The molecule has 8 heteroatoms. The highest BCUT2D eigenvalue weighted by Crippen LogP contribution is 2.40. The molecule has 7 nitrogen and oxygen atoms in total. The highest BCUT2D eigenvalue weighted by Gasteiger charge is 2.44. The molecule has 1 N–H and O–H groups in total. The molecule has 1 atom stereocenters. The summed E-state index contributed by atoms with van der Waals surface area (Å²) in [6, 6.07) is 6.53. The van der Waals surface area contributed by atoms with Crippen LogP contribution < -0.4 is 4.74 Å². The fourth-order valence-corrected chi connectivity index (χ4v) is 4.30. The van der Waals surface area contributed by atoms with E-state index >= 15 is 0 Å². The van der Waals surface area contributed by atoms with Gasteiger partial charge in [0.25, 0.3) is 5.91 Å². The number of rotatable bonds is 7. The number of ketones is 1. The third kappa shape index (κ3) is 4.04. The van der Waals surface area contributed by atoms with E-state index < -0.39 is 17.7 Å².